The molecule has 0 saturated carbocycles. The van der Waals surface area contributed by atoms with Crippen LogP contribution >= 0.6 is 15.9 Å². The standard InChI is InChI=1S/C15H19BrN2O7/c1-8(2)24-15(22)23-7-11-10(19)5-12(25-11)18-6-9(3-4-16)13(20)17-14(18)21/h3-4,6,8,10-12,19H,5,7H2,1-2H3,(H,17,20,21)/b4-3+/t10-,11+,12+/m0/s1. The van der Waals surface area contributed by atoms with Crippen molar-refractivity contribution in [3.63, 3.8) is 0 Å². The average molecular weight is 419 g/mol. The minimum Gasteiger partial charge on any atom is -0.432 e. The Morgan fingerprint density at radius 1 is 1.56 bits per heavy atom. The lowest BCUT2D eigenvalue weighted by Gasteiger charge is -2.16. The third kappa shape index (κ3) is 5.03. The number of carbonyl (C=O) groups excluding carboxylic acids is 1. The summed E-state index contributed by atoms with van der Waals surface area (Å²) in [5.74, 6) is 0. The molecule has 2 heterocycles. The molecule has 0 spiro atoms. The van der Waals surface area contributed by atoms with Crippen LogP contribution in [0.2, 0.25) is 0 Å². The van der Waals surface area contributed by atoms with E-state index in [0.29, 0.717) is 0 Å². The maximum absolute atomic E-state index is 12.0. The zero-order chi connectivity index (χ0) is 18.6. The first kappa shape index (κ1) is 19.4. The molecule has 3 atom stereocenters. The topological polar surface area (TPSA) is 120 Å². The number of hydrogen-bond acceptors (Lipinski definition) is 7. The first-order valence-electron chi connectivity index (χ1n) is 7.61. The second kappa shape index (κ2) is 8.45. The smallest absolute Gasteiger partial charge is 0.432 e. The highest BCUT2D eigenvalue weighted by Gasteiger charge is 2.36. The largest absolute Gasteiger partial charge is 0.508 e. The van der Waals surface area contributed by atoms with E-state index in [4.69, 9.17) is 14.2 Å². The van der Waals surface area contributed by atoms with Gasteiger partial charge in [0.05, 0.1) is 17.8 Å². The van der Waals surface area contributed by atoms with Gasteiger partial charge in [-0.05, 0) is 24.9 Å². The lowest BCUT2D eigenvalue weighted by Crippen LogP contribution is -2.33. The van der Waals surface area contributed by atoms with Gasteiger partial charge in [0, 0.05) is 12.6 Å². The molecule has 1 aliphatic rings. The summed E-state index contributed by atoms with van der Waals surface area (Å²) >= 11 is 3.06. The van der Waals surface area contributed by atoms with E-state index in [1.54, 1.807) is 13.8 Å². The van der Waals surface area contributed by atoms with Gasteiger partial charge in [-0.2, -0.15) is 0 Å². The highest BCUT2D eigenvalue weighted by atomic mass is 79.9. The Balaban J connectivity index is 2.08. The number of ether oxygens (including phenoxy) is 3. The van der Waals surface area contributed by atoms with Crippen LogP contribution in [0, 0.1) is 0 Å². The zero-order valence-corrected chi connectivity index (χ0v) is 15.3. The molecule has 0 bridgehead atoms. The Morgan fingerprint density at radius 3 is 2.92 bits per heavy atom. The van der Waals surface area contributed by atoms with E-state index in [1.807, 2.05) is 0 Å². The molecule has 1 aromatic heterocycles. The Labute approximate surface area is 151 Å². The normalized spacial score (nSPS) is 23.3. The number of halogens is 1. The molecule has 25 heavy (non-hydrogen) atoms. The second-order valence-electron chi connectivity index (χ2n) is 5.70. The molecule has 9 nitrogen and oxygen atoms in total. The highest BCUT2D eigenvalue weighted by molar-refractivity contribution is 9.11. The molecule has 2 N–H and O–H groups in total. The van der Waals surface area contributed by atoms with Crippen molar-refractivity contribution in [2.75, 3.05) is 6.61 Å². The number of carbonyl (C=O) groups is 1. The van der Waals surface area contributed by atoms with Crippen molar-refractivity contribution in [1.82, 2.24) is 9.55 Å². The van der Waals surface area contributed by atoms with Crippen LogP contribution in [0.1, 0.15) is 32.1 Å². The van der Waals surface area contributed by atoms with Gasteiger partial charge < -0.3 is 19.3 Å². The third-order valence-electron chi connectivity index (χ3n) is 3.45. The summed E-state index contributed by atoms with van der Waals surface area (Å²) in [6, 6.07) is 0. The molecule has 1 aliphatic heterocycles. The Bertz CT molecular complexity index is 755. The molecular weight excluding hydrogens is 400 g/mol. The minimum absolute atomic E-state index is 0.108. The monoisotopic (exact) mass is 418 g/mol. The van der Waals surface area contributed by atoms with Gasteiger partial charge in [-0.1, -0.05) is 15.9 Å². The van der Waals surface area contributed by atoms with Crippen LogP contribution in [-0.4, -0.2) is 45.7 Å². The van der Waals surface area contributed by atoms with Crippen LogP contribution in [0.15, 0.2) is 20.8 Å². The van der Waals surface area contributed by atoms with E-state index in [2.05, 4.69) is 20.9 Å². The summed E-state index contributed by atoms with van der Waals surface area (Å²) in [6.07, 6.45) is -0.803. The maximum Gasteiger partial charge on any atom is 0.508 e. The van der Waals surface area contributed by atoms with Crippen molar-refractivity contribution < 1.29 is 24.1 Å². The molecule has 0 aliphatic carbocycles. The number of aromatic nitrogens is 2. The van der Waals surface area contributed by atoms with Gasteiger partial charge in [0.1, 0.15) is 18.9 Å². The maximum atomic E-state index is 12.0. The van der Waals surface area contributed by atoms with Crippen LogP contribution < -0.4 is 11.2 Å². The zero-order valence-electron chi connectivity index (χ0n) is 13.7. The van der Waals surface area contributed by atoms with Gasteiger partial charge in [0.15, 0.2) is 0 Å². The van der Waals surface area contributed by atoms with E-state index in [0.717, 1.165) is 0 Å². The lowest BCUT2D eigenvalue weighted by atomic mass is 10.2. The molecule has 138 valence electrons. The fraction of sp³-hybridized carbons (Fsp3) is 0.533. The fourth-order valence-electron chi connectivity index (χ4n) is 2.31. The number of hydrogen-bond donors (Lipinski definition) is 2. The van der Waals surface area contributed by atoms with Crippen LogP contribution in [0.3, 0.4) is 0 Å². The first-order valence-corrected chi connectivity index (χ1v) is 8.52. The average Bonchev–Trinajstić information content (AvgIpc) is 2.88. The minimum atomic E-state index is -0.939. The molecule has 0 radical (unpaired) electrons. The molecule has 1 fully saturated rings. The molecular formula is C15H19BrN2O7. The van der Waals surface area contributed by atoms with Crippen LogP contribution in [0.5, 0.6) is 0 Å². The number of rotatable bonds is 5. The summed E-state index contributed by atoms with van der Waals surface area (Å²) < 4.78 is 16.5. The van der Waals surface area contributed by atoms with E-state index >= 15 is 0 Å². The van der Waals surface area contributed by atoms with Crippen LogP contribution in [0.4, 0.5) is 4.79 Å². The number of nitrogens with one attached hydrogen (secondary N) is 1. The number of H-pyrrole nitrogens is 1. The summed E-state index contributed by atoms with van der Waals surface area (Å²) in [6.45, 7) is 3.15. The van der Waals surface area contributed by atoms with E-state index in [1.165, 1.54) is 21.8 Å². The van der Waals surface area contributed by atoms with E-state index < -0.39 is 35.8 Å². The van der Waals surface area contributed by atoms with Crippen LogP contribution in [-0.2, 0) is 14.2 Å². The summed E-state index contributed by atoms with van der Waals surface area (Å²) in [5, 5.41) is 10.1. The Hall–Kier alpha value is -1.91. The predicted molar refractivity (Wildman–Crippen MR) is 91.4 cm³/mol. The Morgan fingerprint density at radius 2 is 2.28 bits per heavy atom. The van der Waals surface area contributed by atoms with E-state index in [9.17, 15) is 19.5 Å². The number of nitrogens with zero attached hydrogens (tertiary/aromatic N) is 1. The SMILES string of the molecule is CC(C)OC(=O)OC[C@H]1O[C@@H](n2cc(/C=C/Br)c(=O)[nH]c2=O)C[C@@H]1O. The lowest BCUT2D eigenvalue weighted by molar-refractivity contribution is -0.0615. The first-order chi connectivity index (χ1) is 11.8. The molecule has 0 amide bonds. The predicted octanol–water partition coefficient (Wildman–Crippen LogP) is 1.11. The number of aliphatic hydroxyl groups excluding tert-OH is 1. The molecule has 1 saturated heterocycles. The molecule has 2 rings (SSSR count). The van der Waals surface area contributed by atoms with Crippen molar-refractivity contribution in [1.29, 1.82) is 0 Å². The summed E-state index contributed by atoms with van der Waals surface area (Å²) in [5.41, 5.74) is -0.948. The van der Waals surface area contributed by atoms with Gasteiger partial charge in [-0.15, -0.1) is 0 Å². The van der Waals surface area contributed by atoms with Gasteiger partial charge in [0.2, 0.25) is 0 Å². The summed E-state index contributed by atoms with van der Waals surface area (Å²) in [4.78, 5) is 38.7. The van der Waals surface area contributed by atoms with Gasteiger partial charge in [-0.3, -0.25) is 14.3 Å². The highest BCUT2D eigenvalue weighted by Crippen LogP contribution is 2.28. The quantitative estimate of drug-likeness (QED) is 0.687. The van der Waals surface area contributed by atoms with Crippen molar-refractivity contribution in [2.24, 2.45) is 0 Å². The third-order valence-corrected chi connectivity index (χ3v) is 3.71. The van der Waals surface area contributed by atoms with Crippen molar-refractivity contribution in [2.45, 2.75) is 44.8 Å². The van der Waals surface area contributed by atoms with Gasteiger partial charge in [-0.25, -0.2) is 9.59 Å². The van der Waals surface area contributed by atoms with Crippen molar-refractivity contribution in [3.8, 4) is 0 Å². The van der Waals surface area contributed by atoms with Gasteiger partial charge in [0.25, 0.3) is 5.56 Å². The second-order valence-corrected chi connectivity index (χ2v) is 6.23. The van der Waals surface area contributed by atoms with Gasteiger partial charge >= 0.3 is 11.8 Å². The molecule has 0 unspecified atom stereocenters. The number of aromatic amines is 1. The molecule has 10 heteroatoms. The fourth-order valence-corrected chi connectivity index (χ4v) is 2.60. The van der Waals surface area contributed by atoms with Crippen LogP contribution in [0.25, 0.3) is 6.08 Å². The Kier molecular flexibility index (Phi) is 6.57. The number of aliphatic hydroxyl groups is 1. The van der Waals surface area contributed by atoms with E-state index in [-0.39, 0.29) is 24.7 Å². The molecule has 1 aromatic rings. The summed E-state index contributed by atoms with van der Waals surface area (Å²) in [7, 11) is 0. The molecule has 0 aromatic carbocycles. The van der Waals surface area contributed by atoms with Crippen molar-refractivity contribution >= 4 is 28.2 Å². The van der Waals surface area contributed by atoms with Crippen molar-refractivity contribution in [3.05, 3.63) is 37.6 Å².